The van der Waals surface area contributed by atoms with Gasteiger partial charge in [0.05, 0.1) is 0 Å². The molecule has 6 heteroatoms. The van der Waals surface area contributed by atoms with Gasteiger partial charge in [0.1, 0.15) is 0 Å². The smallest absolute Gasteiger partial charge is 0.404 e. The van der Waals surface area contributed by atoms with Gasteiger partial charge in [-0.3, -0.25) is 4.79 Å². The summed E-state index contributed by atoms with van der Waals surface area (Å²) in [6.45, 7) is 2.75. The van der Waals surface area contributed by atoms with E-state index >= 15 is 0 Å². The summed E-state index contributed by atoms with van der Waals surface area (Å²) in [5.41, 5.74) is 2.74. The van der Waals surface area contributed by atoms with Crippen molar-refractivity contribution in [2.75, 3.05) is 25.5 Å². The molecule has 0 aliphatic carbocycles. The number of hydrogen-bond donors (Lipinski definition) is 3. The highest BCUT2D eigenvalue weighted by Crippen LogP contribution is 2.22. The van der Waals surface area contributed by atoms with Crippen LogP contribution in [0.3, 0.4) is 0 Å². The highest BCUT2D eigenvalue weighted by atomic mass is 16.4. The monoisotopic (exact) mass is 277 g/mol. The SMILES string of the molecule is CNc1ccc2c(c1)CCN(CC(C)NC(=O)O)C2=O. The number of nitrogens with one attached hydrogen (secondary N) is 2. The van der Waals surface area contributed by atoms with Crippen molar-refractivity contribution in [3.05, 3.63) is 29.3 Å². The fraction of sp³-hybridized carbons (Fsp3) is 0.429. The Balaban J connectivity index is 2.09. The van der Waals surface area contributed by atoms with Gasteiger partial charge in [0.15, 0.2) is 0 Å². The molecule has 1 unspecified atom stereocenters. The lowest BCUT2D eigenvalue weighted by Crippen LogP contribution is -2.46. The number of benzene rings is 1. The molecule has 1 atom stereocenters. The first-order valence-electron chi connectivity index (χ1n) is 6.60. The number of nitrogens with zero attached hydrogens (tertiary/aromatic N) is 1. The van der Waals surface area contributed by atoms with Crippen LogP contribution in [0.2, 0.25) is 0 Å². The summed E-state index contributed by atoms with van der Waals surface area (Å²) < 4.78 is 0. The Morgan fingerprint density at radius 1 is 1.50 bits per heavy atom. The van der Waals surface area contributed by atoms with E-state index in [1.807, 2.05) is 25.2 Å². The topological polar surface area (TPSA) is 81.7 Å². The molecule has 20 heavy (non-hydrogen) atoms. The number of carbonyl (C=O) groups excluding carboxylic acids is 1. The van der Waals surface area contributed by atoms with Crippen molar-refractivity contribution >= 4 is 17.7 Å². The maximum atomic E-state index is 12.4. The van der Waals surface area contributed by atoms with Crippen LogP contribution >= 0.6 is 0 Å². The van der Waals surface area contributed by atoms with Crippen molar-refractivity contribution in [3.8, 4) is 0 Å². The molecule has 0 spiro atoms. The van der Waals surface area contributed by atoms with Crippen molar-refractivity contribution in [1.82, 2.24) is 10.2 Å². The summed E-state index contributed by atoms with van der Waals surface area (Å²) in [5, 5.41) is 14.1. The van der Waals surface area contributed by atoms with Gasteiger partial charge in [-0.15, -0.1) is 0 Å². The Bertz CT molecular complexity index is 530. The molecule has 108 valence electrons. The van der Waals surface area contributed by atoms with Crippen molar-refractivity contribution < 1.29 is 14.7 Å². The zero-order valence-electron chi connectivity index (χ0n) is 11.6. The third-order valence-corrected chi connectivity index (χ3v) is 3.43. The fourth-order valence-corrected chi connectivity index (χ4v) is 2.45. The predicted octanol–water partition coefficient (Wildman–Crippen LogP) is 1.38. The number of hydrogen-bond acceptors (Lipinski definition) is 3. The van der Waals surface area contributed by atoms with Crippen LogP contribution in [0.1, 0.15) is 22.8 Å². The number of fused-ring (bicyclic) bond motifs is 1. The Morgan fingerprint density at radius 2 is 2.25 bits per heavy atom. The quantitative estimate of drug-likeness (QED) is 0.776. The molecule has 0 saturated carbocycles. The van der Waals surface area contributed by atoms with Gasteiger partial charge in [0, 0.05) is 37.4 Å². The molecule has 1 heterocycles. The van der Waals surface area contributed by atoms with E-state index in [1.165, 1.54) is 0 Å². The largest absolute Gasteiger partial charge is 0.465 e. The minimum atomic E-state index is -1.07. The Hall–Kier alpha value is -2.24. The van der Waals surface area contributed by atoms with Gasteiger partial charge >= 0.3 is 6.09 Å². The lowest BCUT2D eigenvalue weighted by molar-refractivity contribution is 0.0723. The average molecular weight is 277 g/mol. The van der Waals surface area contributed by atoms with E-state index in [0.717, 1.165) is 17.7 Å². The minimum absolute atomic E-state index is 0.0343. The van der Waals surface area contributed by atoms with E-state index in [2.05, 4.69) is 10.6 Å². The van der Waals surface area contributed by atoms with Crippen LogP contribution in [0.15, 0.2) is 18.2 Å². The molecule has 6 nitrogen and oxygen atoms in total. The van der Waals surface area contributed by atoms with Gasteiger partial charge in [0.25, 0.3) is 5.91 Å². The summed E-state index contributed by atoms with van der Waals surface area (Å²) >= 11 is 0. The second kappa shape index (κ2) is 5.81. The van der Waals surface area contributed by atoms with Crippen molar-refractivity contribution in [3.63, 3.8) is 0 Å². The molecular weight excluding hydrogens is 258 g/mol. The highest BCUT2D eigenvalue weighted by molar-refractivity contribution is 5.97. The molecule has 2 rings (SSSR count). The van der Waals surface area contributed by atoms with Crippen LogP contribution in [0.5, 0.6) is 0 Å². The van der Waals surface area contributed by atoms with Gasteiger partial charge in [-0.25, -0.2) is 4.79 Å². The van der Waals surface area contributed by atoms with Gasteiger partial charge in [-0.1, -0.05) is 0 Å². The third kappa shape index (κ3) is 3.01. The van der Waals surface area contributed by atoms with E-state index in [9.17, 15) is 9.59 Å². The molecule has 1 aromatic carbocycles. The molecule has 0 fully saturated rings. The molecule has 1 aliphatic rings. The average Bonchev–Trinajstić information content (AvgIpc) is 2.40. The fourth-order valence-electron chi connectivity index (χ4n) is 2.45. The Labute approximate surface area is 117 Å². The van der Waals surface area contributed by atoms with Crippen molar-refractivity contribution in [2.24, 2.45) is 0 Å². The lowest BCUT2D eigenvalue weighted by atomic mass is 9.98. The molecule has 1 aromatic rings. The van der Waals surface area contributed by atoms with E-state index < -0.39 is 6.09 Å². The van der Waals surface area contributed by atoms with Crippen LogP contribution in [0.25, 0.3) is 0 Å². The molecular formula is C14H19N3O3. The number of amides is 2. The minimum Gasteiger partial charge on any atom is -0.465 e. The third-order valence-electron chi connectivity index (χ3n) is 3.43. The molecule has 0 saturated heterocycles. The lowest BCUT2D eigenvalue weighted by Gasteiger charge is -2.31. The first-order chi connectivity index (χ1) is 9.51. The maximum absolute atomic E-state index is 12.4. The zero-order valence-corrected chi connectivity index (χ0v) is 11.6. The van der Waals surface area contributed by atoms with Crippen LogP contribution in [0, 0.1) is 0 Å². The summed E-state index contributed by atoms with van der Waals surface area (Å²) in [6.07, 6.45) is -0.280. The first kappa shape index (κ1) is 14.2. The van der Waals surface area contributed by atoms with Gasteiger partial charge in [0.2, 0.25) is 0 Å². The Morgan fingerprint density at radius 3 is 2.90 bits per heavy atom. The number of rotatable bonds is 4. The Kier molecular flexibility index (Phi) is 4.12. The first-order valence-corrected chi connectivity index (χ1v) is 6.60. The second-order valence-corrected chi connectivity index (χ2v) is 4.97. The van der Waals surface area contributed by atoms with Gasteiger partial charge < -0.3 is 20.6 Å². The molecule has 0 bridgehead atoms. The van der Waals surface area contributed by atoms with Crippen LogP contribution in [-0.2, 0) is 6.42 Å². The van der Waals surface area contributed by atoms with Gasteiger partial charge in [-0.05, 0) is 37.1 Å². The number of carboxylic acid groups (broad SMARTS) is 1. The van der Waals surface area contributed by atoms with Crippen LogP contribution in [0.4, 0.5) is 10.5 Å². The summed E-state index contributed by atoms with van der Waals surface area (Å²) in [4.78, 5) is 24.6. The van der Waals surface area contributed by atoms with E-state index in [4.69, 9.17) is 5.11 Å². The molecule has 2 amide bonds. The molecule has 3 N–H and O–H groups in total. The predicted molar refractivity (Wildman–Crippen MR) is 76.2 cm³/mol. The summed E-state index contributed by atoms with van der Waals surface area (Å²) in [7, 11) is 1.85. The maximum Gasteiger partial charge on any atom is 0.404 e. The highest BCUT2D eigenvalue weighted by Gasteiger charge is 2.25. The van der Waals surface area contributed by atoms with Crippen molar-refractivity contribution in [2.45, 2.75) is 19.4 Å². The van der Waals surface area contributed by atoms with Crippen LogP contribution in [-0.4, -0.2) is 48.2 Å². The van der Waals surface area contributed by atoms with E-state index in [-0.39, 0.29) is 11.9 Å². The second-order valence-electron chi connectivity index (χ2n) is 4.97. The zero-order chi connectivity index (χ0) is 14.7. The summed E-state index contributed by atoms with van der Waals surface area (Å²) in [6, 6.07) is 5.41. The summed E-state index contributed by atoms with van der Waals surface area (Å²) in [5.74, 6) is -0.0343. The van der Waals surface area contributed by atoms with E-state index in [0.29, 0.717) is 18.7 Å². The molecule has 0 aromatic heterocycles. The van der Waals surface area contributed by atoms with Crippen LogP contribution < -0.4 is 10.6 Å². The standard InChI is InChI=1S/C14H19N3O3/c1-9(16-14(19)20)8-17-6-5-10-7-11(15-2)3-4-12(10)13(17)18/h3-4,7,9,15-16H,5-6,8H2,1-2H3,(H,19,20). The molecule has 0 radical (unpaired) electrons. The van der Waals surface area contributed by atoms with Crippen molar-refractivity contribution in [1.29, 1.82) is 0 Å². The number of carbonyl (C=O) groups is 2. The molecule has 1 aliphatic heterocycles. The number of anilines is 1. The van der Waals surface area contributed by atoms with Gasteiger partial charge in [-0.2, -0.15) is 0 Å². The van der Waals surface area contributed by atoms with E-state index in [1.54, 1.807) is 11.8 Å². The normalized spacial score (nSPS) is 15.5.